The maximum Gasteiger partial charge on any atom is 0.471 e. The zero-order valence-electron chi connectivity index (χ0n) is 14.1. The summed E-state index contributed by atoms with van der Waals surface area (Å²) >= 11 is 0. The van der Waals surface area contributed by atoms with Crippen LogP contribution in [0.25, 0.3) is 0 Å². The van der Waals surface area contributed by atoms with E-state index in [0.29, 0.717) is 32.5 Å². The topological polar surface area (TPSA) is 69.7 Å². The molecule has 1 unspecified atom stereocenters. The van der Waals surface area contributed by atoms with Crippen LogP contribution in [0.1, 0.15) is 26.2 Å². The van der Waals surface area contributed by atoms with E-state index in [1.54, 1.807) is 4.90 Å². The Morgan fingerprint density at radius 2 is 1.76 bits per heavy atom. The number of amides is 3. The quantitative estimate of drug-likeness (QED) is 0.765. The van der Waals surface area contributed by atoms with Gasteiger partial charge in [0.05, 0.1) is 5.54 Å². The highest BCUT2D eigenvalue weighted by Gasteiger charge is 2.46. The zero-order valence-corrected chi connectivity index (χ0v) is 14.1. The van der Waals surface area contributed by atoms with Gasteiger partial charge in [-0.15, -0.1) is 0 Å². The predicted octanol–water partition coefficient (Wildman–Crippen LogP) is 1.08. The van der Waals surface area contributed by atoms with Gasteiger partial charge in [-0.1, -0.05) is 6.58 Å². The average Bonchev–Trinajstić information content (AvgIpc) is 2.94. The van der Waals surface area contributed by atoms with Gasteiger partial charge in [0, 0.05) is 32.1 Å². The molecule has 9 heteroatoms. The van der Waals surface area contributed by atoms with Crippen LogP contribution in [0, 0.1) is 5.92 Å². The van der Waals surface area contributed by atoms with Crippen molar-refractivity contribution < 1.29 is 27.6 Å². The molecule has 0 spiro atoms. The maximum absolute atomic E-state index is 12.6. The lowest BCUT2D eigenvalue weighted by molar-refractivity contribution is -0.175. The minimum Gasteiger partial charge on any atom is -0.341 e. The molecule has 2 heterocycles. The third-order valence-corrected chi connectivity index (χ3v) is 4.79. The molecule has 0 aromatic rings. The summed E-state index contributed by atoms with van der Waals surface area (Å²) in [6, 6.07) is 0. The maximum atomic E-state index is 12.6. The minimum absolute atomic E-state index is 0.0550. The van der Waals surface area contributed by atoms with Gasteiger partial charge in [0.1, 0.15) is 0 Å². The number of piperidine rings is 1. The second-order valence-electron chi connectivity index (χ2n) is 6.83. The second kappa shape index (κ2) is 7.05. The molecular weight excluding hydrogens is 339 g/mol. The summed E-state index contributed by atoms with van der Waals surface area (Å²) in [6.45, 7) is 6.21. The molecule has 0 aliphatic carbocycles. The molecule has 0 saturated carbocycles. The van der Waals surface area contributed by atoms with Crippen LogP contribution >= 0.6 is 0 Å². The first-order valence-corrected chi connectivity index (χ1v) is 8.15. The van der Waals surface area contributed by atoms with E-state index in [1.807, 2.05) is 5.32 Å². The Bertz CT molecular complexity index is 571. The summed E-state index contributed by atoms with van der Waals surface area (Å²) in [5.41, 5.74) is -1.08. The van der Waals surface area contributed by atoms with Gasteiger partial charge >= 0.3 is 12.1 Å². The summed E-state index contributed by atoms with van der Waals surface area (Å²) in [5.74, 6) is -2.54. The van der Waals surface area contributed by atoms with Gasteiger partial charge in [-0.05, 0) is 32.3 Å². The number of nitrogens with zero attached hydrogens (tertiary/aromatic N) is 2. The monoisotopic (exact) mass is 361 g/mol. The van der Waals surface area contributed by atoms with E-state index in [-0.39, 0.29) is 30.7 Å². The Balaban J connectivity index is 1.89. The first-order valence-electron chi connectivity index (χ1n) is 8.15. The summed E-state index contributed by atoms with van der Waals surface area (Å²) in [5, 5.41) is 1.99. The normalized spacial score (nSPS) is 25.0. The summed E-state index contributed by atoms with van der Waals surface area (Å²) < 4.78 is 37.3. The fourth-order valence-electron chi connectivity index (χ4n) is 3.33. The van der Waals surface area contributed by atoms with Crippen molar-refractivity contribution in [3.8, 4) is 0 Å². The lowest BCUT2D eigenvalue weighted by Crippen LogP contribution is -2.53. The van der Waals surface area contributed by atoms with Crippen molar-refractivity contribution in [3.63, 3.8) is 0 Å². The first kappa shape index (κ1) is 19.3. The van der Waals surface area contributed by atoms with E-state index in [0.717, 1.165) is 0 Å². The third kappa shape index (κ3) is 4.52. The highest BCUT2D eigenvalue weighted by atomic mass is 19.4. The largest absolute Gasteiger partial charge is 0.471 e. The molecule has 1 atom stereocenters. The average molecular weight is 361 g/mol. The second-order valence-corrected chi connectivity index (χ2v) is 6.83. The summed E-state index contributed by atoms with van der Waals surface area (Å²) in [6.07, 6.45) is -2.40. The van der Waals surface area contributed by atoms with Crippen molar-refractivity contribution in [2.45, 2.75) is 37.9 Å². The highest BCUT2D eigenvalue weighted by Crippen LogP contribution is 2.27. The van der Waals surface area contributed by atoms with Gasteiger partial charge in [0.2, 0.25) is 11.8 Å². The number of likely N-dealkylation sites (tertiary alicyclic amines) is 2. The number of nitrogens with one attached hydrogen (secondary N) is 1. The van der Waals surface area contributed by atoms with Gasteiger partial charge in [0.15, 0.2) is 0 Å². The molecule has 3 amide bonds. The summed E-state index contributed by atoms with van der Waals surface area (Å²) in [7, 11) is 0. The van der Waals surface area contributed by atoms with Gasteiger partial charge in [-0.2, -0.15) is 13.2 Å². The van der Waals surface area contributed by atoms with Gasteiger partial charge in [-0.3, -0.25) is 14.4 Å². The third-order valence-electron chi connectivity index (χ3n) is 4.79. The zero-order chi connectivity index (χ0) is 18.8. The van der Waals surface area contributed by atoms with Crippen molar-refractivity contribution in [2.24, 2.45) is 5.92 Å². The SMILES string of the molecule is C=CC(=O)N1CCC(C(=O)N2CCC(C)(NC(=O)C(F)(F)F)C2)CC1. The smallest absolute Gasteiger partial charge is 0.341 e. The number of halogens is 3. The molecule has 2 rings (SSSR count). The fourth-order valence-corrected chi connectivity index (χ4v) is 3.33. The van der Waals surface area contributed by atoms with Crippen LogP contribution in [-0.4, -0.2) is 65.4 Å². The minimum atomic E-state index is -4.94. The molecule has 2 aliphatic heterocycles. The molecule has 1 N–H and O–H groups in total. The van der Waals surface area contributed by atoms with Crippen LogP contribution in [0.4, 0.5) is 13.2 Å². The standard InChI is InChI=1S/C16H22F3N3O3/c1-3-12(23)21-7-4-11(5-8-21)13(24)22-9-6-15(2,10-22)20-14(25)16(17,18)19/h3,11H,1,4-10H2,2H3,(H,20,25). The van der Waals surface area contributed by atoms with Crippen molar-refractivity contribution in [1.82, 2.24) is 15.1 Å². The van der Waals surface area contributed by atoms with Gasteiger partial charge in [0.25, 0.3) is 0 Å². The Morgan fingerprint density at radius 1 is 1.16 bits per heavy atom. The number of carbonyl (C=O) groups excluding carboxylic acids is 3. The van der Waals surface area contributed by atoms with Crippen molar-refractivity contribution in [1.29, 1.82) is 0 Å². The van der Waals surface area contributed by atoms with Crippen molar-refractivity contribution >= 4 is 17.7 Å². The van der Waals surface area contributed by atoms with Crippen LogP contribution in [0.5, 0.6) is 0 Å². The molecule has 140 valence electrons. The Hall–Kier alpha value is -2.06. The van der Waals surface area contributed by atoms with E-state index < -0.39 is 17.6 Å². The Kier molecular flexibility index (Phi) is 5.43. The number of carbonyl (C=O) groups is 3. The Morgan fingerprint density at radius 3 is 2.28 bits per heavy atom. The van der Waals surface area contributed by atoms with Crippen LogP contribution in [0.2, 0.25) is 0 Å². The van der Waals surface area contributed by atoms with E-state index >= 15 is 0 Å². The van der Waals surface area contributed by atoms with Crippen molar-refractivity contribution in [2.75, 3.05) is 26.2 Å². The number of rotatable bonds is 3. The molecular formula is C16H22F3N3O3. The van der Waals surface area contributed by atoms with Gasteiger partial charge in [-0.25, -0.2) is 0 Å². The Labute approximate surface area is 144 Å². The number of alkyl halides is 3. The lowest BCUT2D eigenvalue weighted by atomic mass is 9.95. The fraction of sp³-hybridized carbons (Fsp3) is 0.688. The molecule has 0 aromatic carbocycles. The molecule has 0 aromatic heterocycles. The van der Waals surface area contributed by atoms with Crippen LogP contribution in [0.3, 0.4) is 0 Å². The predicted molar refractivity (Wildman–Crippen MR) is 83.3 cm³/mol. The van der Waals surface area contributed by atoms with E-state index in [4.69, 9.17) is 0 Å². The molecule has 25 heavy (non-hydrogen) atoms. The molecule has 2 fully saturated rings. The molecule has 0 radical (unpaired) electrons. The first-order chi connectivity index (χ1) is 11.6. The molecule has 6 nitrogen and oxygen atoms in total. The van der Waals surface area contributed by atoms with Gasteiger partial charge < -0.3 is 15.1 Å². The van der Waals surface area contributed by atoms with E-state index in [9.17, 15) is 27.6 Å². The van der Waals surface area contributed by atoms with Crippen LogP contribution in [0.15, 0.2) is 12.7 Å². The van der Waals surface area contributed by atoms with Crippen molar-refractivity contribution in [3.05, 3.63) is 12.7 Å². The van der Waals surface area contributed by atoms with E-state index in [1.165, 1.54) is 17.9 Å². The highest BCUT2D eigenvalue weighted by molar-refractivity contribution is 5.87. The molecule has 0 bridgehead atoms. The molecule has 2 saturated heterocycles. The number of hydrogen-bond acceptors (Lipinski definition) is 3. The van der Waals surface area contributed by atoms with Crippen LogP contribution in [-0.2, 0) is 14.4 Å². The number of hydrogen-bond donors (Lipinski definition) is 1. The molecule has 2 aliphatic rings. The summed E-state index contributed by atoms with van der Waals surface area (Å²) in [4.78, 5) is 38.4. The van der Waals surface area contributed by atoms with E-state index in [2.05, 4.69) is 6.58 Å². The lowest BCUT2D eigenvalue weighted by Gasteiger charge is -2.33. The van der Waals surface area contributed by atoms with Crippen LogP contribution < -0.4 is 5.32 Å².